The molecule has 0 radical (unpaired) electrons. The molecule has 4 rings (SSSR count). The van der Waals surface area contributed by atoms with Gasteiger partial charge in [0.15, 0.2) is 0 Å². The van der Waals surface area contributed by atoms with Crippen LogP contribution in [0.5, 0.6) is 5.75 Å². The Hall–Kier alpha value is -4.00. The molecule has 7 nitrogen and oxygen atoms in total. The maximum Gasteiger partial charge on any atom is 0.274 e. The Bertz CT molecular complexity index is 1090. The van der Waals surface area contributed by atoms with Gasteiger partial charge < -0.3 is 4.74 Å². The predicted molar refractivity (Wildman–Crippen MR) is 113 cm³/mol. The average molecular weight is 401 g/mol. The predicted octanol–water partition coefficient (Wildman–Crippen LogP) is 4.59. The summed E-state index contributed by atoms with van der Waals surface area (Å²) >= 11 is 0. The van der Waals surface area contributed by atoms with Crippen molar-refractivity contribution in [1.29, 1.82) is 0 Å². The molecular formula is C23H19N3O4. The van der Waals surface area contributed by atoms with Gasteiger partial charge in [0.05, 0.1) is 23.8 Å². The smallest absolute Gasteiger partial charge is 0.274 e. The first kappa shape index (κ1) is 19.3. The summed E-state index contributed by atoms with van der Waals surface area (Å²) in [5.41, 5.74) is 2.97. The Morgan fingerprint density at radius 2 is 1.70 bits per heavy atom. The summed E-state index contributed by atoms with van der Waals surface area (Å²) in [5.74, 6) is 0.443. The van der Waals surface area contributed by atoms with E-state index < -0.39 is 4.92 Å². The van der Waals surface area contributed by atoms with Crippen molar-refractivity contribution in [3.8, 4) is 5.75 Å². The third-order valence-corrected chi connectivity index (χ3v) is 5.05. The fourth-order valence-electron chi connectivity index (χ4n) is 3.45. The van der Waals surface area contributed by atoms with Gasteiger partial charge in [0.2, 0.25) is 0 Å². The van der Waals surface area contributed by atoms with Crippen molar-refractivity contribution in [2.75, 3.05) is 7.11 Å². The van der Waals surface area contributed by atoms with Gasteiger partial charge in [-0.3, -0.25) is 14.9 Å². The van der Waals surface area contributed by atoms with Gasteiger partial charge in [-0.05, 0) is 47.5 Å². The van der Waals surface area contributed by atoms with Gasteiger partial charge in [0.1, 0.15) is 5.75 Å². The van der Waals surface area contributed by atoms with E-state index in [0.717, 1.165) is 22.6 Å². The molecule has 0 bridgehead atoms. The third kappa shape index (κ3) is 3.77. The van der Waals surface area contributed by atoms with Crippen molar-refractivity contribution in [1.82, 2.24) is 5.01 Å². The van der Waals surface area contributed by atoms with Crippen LogP contribution in [0.4, 0.5) is 5.69 Å². The molecule has 150 valence electrons. The highest BCUT2D eigenvalue weighted by Crippen LogP contribution is 2.34. The summed E-state index contributed by atoms with van der Waals surface area (Å²) in [4.78, 5) is 23.6. The van der Waals surface area contributed by atoms with Crippen LogP contribution in [0.25, 0.3) is 0 Å². The number of carbonyl (C=O) groups excluding carboxylic acids is 1. The molecule has 1 aliphatic rings. The minimum absolute atomic E-state index is 0.0602. The quantitative estimate of drug-likeness (QED) is 0.462. The second-order valence-corrected chi connectivity index (χ2v) is 6.86. The van der Waals surface area contributed by atoms with Crippen molar-refractivity contribution in [2.24, 2.45) is 5.10 Å². The van der Waals surface area contributed by atoms with Crippen LogP contribution in [-0.2, 0) is 0 Å². The molecule has 0 N–H and O–H groups in total. The molecule has 7 heteroatoms. The number of hydrogen-bond acceptors (Lipinski definition) is 5. The molecule has 1 amide bonds. The molecule has 0 aromatic heterocycles. The minimum Gasteiger partial charge on any atom is -0.497 e. The number of methoxy groups -OCH3 is 1. The van der Waals surface area contributed by atoms with Crippen LogP contribution in [0.1, 0.15) is 33.9 Å². The second-order valence-electron chi connectivity index (χ2n) is 6.86. The number of ether oxygens (including phenoxy) is 1. The van der Waals surface area contributed by atoms with Crippen molar-refractivity contribution in [2.45, 2.75) is 12.5 Å². The number of non-ortho nitro benzene ring substituents is 1. The second kappa shape index (κ2) is 8.16. The summed E-state index contributed by atoms with van der Waals surface area (Å²) < 4.78 is 5.21. The summed E-state index contributed by atoms with van der Waals surface area (Å²) in [6.07, 6.45) is 0.565. The van der Waals surface area contributed by atoms with E-state index >= 15 is 0 Å². The summed E-state index contributed by atoms with van der Waals surface area (Å²) in [7, 11) is 1.61. The molecule has 0 saturated carbocycles. The zero-order valence-electron chi connectivity index (χ0n) is 16.3. The Balaban J connectivity index is 1.69. The van der Waals surface area contributed by atoms with Crippen molar-refractivity contribution in [3.05, 3.63) is 106 Å². The molecule has 0 spiro atoms. The Kier molecular flexibility index (Phi) is 5.26. The number of nitrogens with zero attached hydrogens (tertiary/aromatic N) is 3. The van der Waals surface area contributed by atoms with Crippen LogP contribution in [-0.4, -0.2) is 28.7 Å². The molecule has 1 atom stereocenters. The van der Waals surface area contributed by atoms with Crippen LogP contribution >= 0.6 is 0 Å². The molecule has 3 aromatic rings. The van der Waals surface area contributed by atoms with E-state index in [9.17, 15) is 14.9 Å². The van der Waals surface area contributed by atoms with E-state index in [1.807, 2.05) is 54.6 Å². The largest absolute Gasteiger partial charge is 0.497 e. The lowest BCUT2D eigenvalue weighted by Gasteiger charge is -2.22. The number of nitro benzene ring substituents is 1. The molecular weight excluding hydrogens is 382 g/mol. The zero-order valence-corrected chi connectivity index (χ0v) is 16.3. The van der Waals surface area contributed by atoms with Gasteiger partial charge in [-0.1, -0.05) is 30.3 Å². The van der Waals surface area contributed by atoms with Crippen molar-refractivity contribution < 1.29 is 14.5 Å². The molecule has 0 saturated heterocycles. The summed E-state index contributed by atoms with van der Waals surface area (Å²) in [6, 6.07) is 22.6. The number of benzene rings is 3. The standard InChI is InChI=1S/C23H19N3O4/c1-30-20-13-9-16(10-14-20)21-15-22(17-5-3-2-4-6-17)25(24-21)23(27)18-7-11-19(12-8-18)26(28)29/h2-14,22H,15H2,1H3/t22-/m0/s1. The highest BCUT2D eigenvalue weighted by molar-refractivity contribution is 6.05. The first-order valence-electron chi connectivity index (χ1n) is 9.41. The van der Waals surface area contributed by atoms with Crippen molar-refractivity contribution >= 4 is 17.3 Å². The number of rotatable bonds is 5. The topological polar surface area (TPSA) is 85.0 Å². The van der Waals surface area contributed by atoms with Gasteiger partial charge in [0, 0.05) is 24.1 Å². The first-order valence-corrected chi connectivity index (χ1v) is 9.41. The number of carbonyl (C=O) groups is 1. The molecule has 30 heavy (non-hydrogen) atoms. The monoisotopic (exact) mass is 401 g/mol. The van der Waals surface area contributed by atoms with Crippen molar-refractivity contribution in [3.63, 3.8) is 0 Å². The first-order chi connectivity index (χ1) is 14.6. The van der Waals surface area contributed by atoms with Crippen LogP contribution in [0, 0.1) is 10.1 Å². The molecule has 3 aromatic carbocycles. The maximum absolute atomic E-state index is 13.2. The van der Waals surface area contributed by atoms with E-state index in [1.54, 1.807) is 7.11 Å². The van der Waals surface area contributed by atoms with Crippen LogP contribution in [0.15, 0.2) is 84.0 Å². The molecule has 1 aliphatic heterocycles. The number of amides is 1. The lowest BCUT2D eigenvalue weighted by molar-refractivity contribution is -0.384. The van der Waals surface area contributed by atoms with E-state index in [2.05, 4.69) is 5.10 Å². The Labute approximate surface area is 173 Å². The highest BCUT2D eigenvalue weighted by atomic mass is 16.6. The molecule has 0 aliphatic carbocycles. The van der Waals surface area contributed by atoms with Gasteiger partial charge >= 0.3 is 0 Å². The lowest BCUT2D eigenvalue weighted by Crippen LogP contribution is -2.27. The normalized spacial score (nSPS) is 15.6. The van der Waals surface area contributed by atoms with Gasteiger partial charge in [0.25, 0.3) is 11.6 Å². The SMILES string of the molecule is COc1ccc(C2=NN(C(=O)c3ccc([N+](=O)[O-])cc3)[C@H](c3ccccc3)C2)cc1. The molecule has 0 unspecified atom stereocenters. The Morgan fingerprint density at radius 3 is 2.30 bits per heavy atom. The fraction of sp³-hybridized carbons (Fsp3) is 0.130. The molecule has 1 heterocycles. The van der Waals surface area contributed by atoms with Crippen LogP contribution in [0.3, 0.4) is 0 Å². The third-order valence-electron chi connectivity index (χ3n) is 5.05. The number of hydrogen-bond donors (Lipinski definition) is 0. The van der Waals surface area contributed by atoms with Gasteiger partial charge in [-0.25, -0.2) is 5.01 Å². The average Bonchev–Trinajstić information content (AvgIpc) is 3.25. The number of nitro groups is 1. The molecule has 0 fully saturated rings. The highest BCUT2D eigenvalue weighted by Gasteiger charge is 2.33. The Morgan fingerprint density at radius 1 is 1.03 bits per heavy atom. The van der Waals surface area contributed by atoms with E-state index in [0.29, 0.717) is 12.0 Å². The minimum atomic E-state index is -0.489. The van der Waals surface area contributed by atoms with E-state index in [1.165, 1.54) is 29.3 Å². The maximum atomic E-state index is 13.2. The summed E-state index contributed by atoms with van der Waals surface area (Å²) in [6.45, 7) is 0. The zero-order chi connectivity index (χ0) is 21.1. The number of hydrazone groups is 1. The van der Waals surface area contributed by atoms with Crippen LogP contribution < -0.4 is 4.74 Å². The van der Waals surface area contributed by atoms with Gasteiger partial charge in [-0.15, -0.1) is 0 Å². The van der Waals surface area contributed by atoms with Gasteiger partial charge in [-0.2, -0.15) is 5.10 Å². The lowest BCUT2D eigenvalue weighted by atomic mass is 9.98. The summed E-state index contributed by atoms with van der Waals surface area (Å²) in [5, 5.41) is 17.0. The van der Waals surface area contributed by atoms with E-state index in [-0.39, 0.29) is 17.6 Å². The van der Waals surface area contributed by atoms with Crippen LogP contribution in [0.2, 0.25) is 0 Å². The van der Waals surface area contributed by atoms with E-state index in [4.69, 9.17) is 4.74 Å². The fourth-order valence-corrected chi connectivity index (χ4v) is 3.45.